The van der Waals surface area contributed by atoms with Gasteiger partial charge in [0.2, 0.25) is 0 Å². The van der Waals surface area contributed by atoms with E-state index in [4.69, 9.17) is 4.98 Å². The van der Waals surface area contributed by atoms with Crippen LogP contribution < -0.4 is 0 Å². The van der Waals surface area contributed by atoms with Gasteiger partial charge < -0.3 is 4.98 Å². The predicted molar refractivity (Wildman–Crippen MR) is 91.8 cm³/mol. The van der Waals surface area contributed by atoms with Crippen molar-refractivity contribution in [2.24, 2.45) is 0 Å². The number of rotatable bonds is 1. The number of pyridine rings is 1. The van der Waals surface area contributed by atoms with Crippen molar-refractivity contribution in [1.82, 2.24) is 4.98 Å². The molecule has 0 saturated heterocycles. The standard InChI is InChI=1S/C22H22N.Ir/c1-3-14-4-2-13(1)18-8-7-17(10-19(14)18)22-11-20-15-5-6-16(9-15)21(20)12-23-22;/h8,10-16H,1-6,9H2;/q-1;. The van der Waals surface area contributed by atoms with Gasteiger partial charge in [-0.05, 0) is 66.7 Å². The number of fused-ring (bicyclic) bond motifs is 7. The quantitative estimate of drug-likeness (QED) is 0.468. The Hall–Kier alpha value is -0.981. The van der Waals surface area contributed by atoms with Gasteiger partial charge in [-0.1, -0.05) is 24.8 Å². The van der Waals surface area contributed by atoms with Gasteiger partial charge in [-0.2, -0.15) is 0 Å². The number of nitrogens with zero attached hydrogens (tertiary/aromatic N) is 1. The number of hydrogen-bond acceptors (Lipinski definition) is 1. The Balaban J connectivity index is 0.00000131. The summed E-state index contributed by atoms with van der Waals surface area (Å²) in [5.74, 6) is 3.22. The van der Waals surface area contributed by atoms with Crippen molar-refractivity contribution in [2.75, 3.05) is 0 Å². The Labute approximate surface area is 157 Å². The van der Waals surface area contributed by atoms with Crippen LogP contribution in [-0.2, 0) is 20.1 Å². The fourth-order valence-electron chi connectivity index (χ4n) is 5.96. The molecule has 7 rings (SSSR count). The maximum Gasteiger partial charge on any atom is 0.0198 e. The average Bonchev–Trinajstić information content (AvgIpc) is 3.24. The minimum atomic E-state index is 0. The molecule has 5 aliphatic carbocycles. The van der Waals surface area contributed by atoms with E-state index >= 15 is 0 Å². The number of aromatic nitrogens is 1. The maximum atomic E-state index is 4.82. The third-order valence-electron chi connectivity index (χ3n) is 7.18. The van der Waals surface area contributed by atoms with Crippen LogP contribution in [0.4, 0.5) is 0 Å². The summed E-state index contributed by atoms with van der Waals surface area (Å²) in [5, 5.41) is 0. The normalized spacial score (nSPS) is 31.5. The van der Waals surface area contributed by atoms with Crippen molar-refractivity contribution < 1.29 is 20.1 Å². The second-order valence-corrected chi connectivity index (χ2v) is 8.21. The zero-order valence-electron chi connectivity index (χ0n) is 13.8. The third kappa shape index (κ3) is 2.06. The summed E-state index contributed by atoms with van der Waals surface area (Å²) in [7, 11) is 0. The van der Waals surface area contributed by atoms with Gasteiger partial charge in [0.25, 0.3) is 0 Å². The molecule has 2 saturated carbocycles. The SMILES string of the molecule is [Ir].[c-]1cc2c(cc1-c1cc3c(cn1)C1CCC3C1)C1CCC2CC1. The van der Waals surface area contributed by atoms with Crippen molar-refractivity contribution in [3.63, 3.8) is 0 Å². The summed E-state index contributed by atoms with van der Waals surface area (Å²) in [6.07, 6.45) is 11.9. The summed E-state index contributed by atoms with van der Waals surface area (Å²) >= 11 is 0. The Bertz CT molecular complexity index is 804. The Morgan fingerprint density at radius 2 is 1.38 bits per heavy atom. The van der Waals surface area contributed by atoms with Crippen LogP contribution in [0.5, 0.6) is 0 Å². The molecule has 125 valence electrons. The largest absolute Gasteiger partial charge is 0.304 e. The van der Waals surface area contributed by atoms with Crippen LogP contribution in [0.2, 0.25) is 0 Å². The monoisotopic (exact) mass is 493 g/mol. The van der Waals surface area contributed by atoms with Crippen molar-refractivity contribution in [2.45, 2.75) is 68.6 Å². The Kier molecular flexibility index (Phi) is 3.51. The molecule has 0 amide bonds. The summed E-state index contributed by atoms with van der Waals surface area (Å²) in [6, 6.07) is 10.7. The van der Waals surface area contributed by atoms with E-state index in [-0.39, 0.29) is 20.1 Å². The van der Waals surface area contributed by atoms with Gasteiger partial charge in [0.05, 0.1) is 0 Å². The van der Waals surface area contributed by atoms with Crippen LogP contribution in [0.15, 0.2) is 24.4 Å². The van der Waals surface area contributed by atoms with Crippen LogP contribution in [-0.4, -0.2) is 4.98 Å². The molecule has 1 nitrogen and oxygen atoms in total. The third-order valence-corrected chi connectivity index (χ3v) is 7.18. The van der Waals surface area contributed by atoms with E-state index in [1.807, 2.05) is 0 Å². The Morgan fingerprint density at radius 1 is 0.750 bits per heavy atom. The zero-order valence-corrected chi connectivity index (χ0v) is 16.2. The van der Waals surface area contributed by atoms with E-state index in [0.29, 0.717) is 0 Å². The first-order chi connectivity index (χ1) is 11.4. The number of hydrogen-bond donors (Lipinski definition) is 0. The van der Waals surface area contributed by atoms with E-state index in [1.165, 1.54) is 50.5 Å². The van der Waals surface area contributed by atoms with Crippen molar-refractivity contribution >= 4 is 0 Å². The molecule has 1 heterocycles. The minimum absolute atomic E-state index is 0. The van der Waals surface area contributed by atoms with Gasteiger partial charge in [-0.25, -0.2) is 0 Å². The first-order valence-corrected chi connectivity index (χ1v) is 9.42. The second kappa shape index (κ2) is 5.51. The van der Waals surface area contributed by atoms with Crippen LogP contribution >= 0.6 is 0 Å². The van der Waals surface area contributed by atoms with Gasteiger partial charge in [0, 0.05) is 26.3 Å². The molecule has 24 heavy (non-hydrogen) atoms. The molecule has 1 aromatic carbocycles. The summed E-state index contributed by atoms with van der Waals surface area (Å²) in [5.41, 5.74) is 8.73. The molecule has 0 aliphatic heterocycles. The maximum absolute atomic E-state index is 4.82. The zero-order chi connectivity index (χ0) is 15.0. The first-order valence-electron chi connectivity index (χ1n) is 9.42. The van der Waals surface area contributed by atoms with Crippen LogP contribution in [0, 0.1) is 6.07 Å². The van der Waals surface area contributed by atoms with Crippen molar-refractivity contribution in [1.29, 1.82) is 0 Å². The number of benzene rings is 1. The fourth-order valence-corrected chi connectivity index (χ4v) is 5.96. The first kappa shape index (κ1) is 15.3. The van der Waals surface area contributed by atoms with E-state index in [0.717, 1.165) is 29.4 Å². The average molecular weight is 493 g/mol. The van der Waals surface area contributed by atoms with Crippen LogP contribution in [0.25, 0.3) is 11.3 Å². The van der Waals surface area contributed by atoms with Gasteiger partial charge in [-0.15, -0.1) is 34.9 Å². The van der Waals surface area contributed by atoms with E-state index in [9.17, 15) is 0 Å². The van der Waals surface area contributed by atoms with Gasteiger partial charge in [0.1, 0.15) is 0 Å². The van der Waals surface area contributed by atoms with E-state index in [2.05, 4.69) is 30.5 Å². The topological polar surface area (TPSA) is 12.9 Å². The van der Waals surface area contributed by atoms with Gasteiger partial charge in [0.15, 0.2) is 0 Å². The molecule has 2 fully saturated rings. The molecule has 2 aromatic rings. The van der Waals surface area contributed by atoms with E-state index < -0.39 is 0 Å². The fraction of sp³-hybridized carbons (Fsp3) is 0.500. The molecule has 1 aromatic heterocycles. The van der Waals surface area contributed by atoms with Gasteiger partial charge >= 0.3 is 0 Å². The molecule has 5 aliphatic rings. The summed E-state index contributed by atoms with van der Waals surface area (Å²) < 4.78 is 0. The molecule has 2 heteroatoms. The molecule has 0 N–H and O–H groups in total. The second-order valence-electron chi connectivity index (χ2n) is 8.21. The minimum Gasteiger partial charge on any atom is -0.304 e. The predicted octanol–water partition coefficient (Wildman–Crippen LogP) is 5.67. The summed E-state index contributed by atoms with van der Waals surface area (Å²) in [6.45, 7) is 0. The molecular formula is C22H22IrN-. The van der Waals surface area contributed by atoms with Crippen molar-refractivity contribution in [3.05, 3.63) is 52.7 Å². The summed E-state index contributed by atoms with van der Waals surface area (Å²) in [4.78, 5) is 4.82. The molecule has 2 unspecified atom stereocenters. The molecular weight excluding hydrogens is 470 g/mol. The molecule has 4 bridgehead atoms. The van der Waals surface area contributed by atoms with Gasteiger partial charge in [-0.3, -0.25) is 0 Å². The smallest absolute Gasteiger partial charge is 0.0198 e. The molecule has 2 atom stereocenters. The van der Waals surface area contributed by atoms with Crippen LogP contribution in [0.3, 0.4) is 0 Å². The van der Waals surface area contributed by atoms with Crippen molar-refractivity contribution in [3.8, 4) is 11.3 Å². The van der Waals surface area contributed by atoms with E-state index in [1.54, 1.807) is 22.3 Å². The van der Waals surface area contributed by atoms with Crippen LogP contribution in [0.1, 0.15) is 90.9 Å². The molecule has 1 radical (unpaired) electrons. The molecule has 0 spiro atoms. The Morgan fingerprint density at radius 3 is 2.17 bits per heavy atom.